The molecule has 0 amide bonds. The minimum absolute atomic E-state index is 0.283. The molecule has 0 radical (unpaired) electrons. The minimum atomic E-state index is -0.587. The Bertz CT molecular complexity index is 203. The van der Waals surface area contributed by atoms with E-state index in [0.29, 0.717) is 0 Å². The zero-order chi connectivity index (χ0) is 10.2. The van der Waals surface area contributed by atoms with E-state index in [4.69, 9.17) is 5.73 Å². The van der Waals surface area contributed by atoms with Crippen LogP contribution in [-0.2, 0) is 0 Å². The number of aliphatic hydroxyl groups is 1. The summed E-state index contributed by atoms with van der Waals surface area (Å²) in [4.78, 5) is 2.27. The summed E-state index contributed by atoms with van der Waals surface area (Å²) in [5.74, 6) is 0. The maximum Gasteiger partial charge on any atom is 0.0850 e. The van der Waals surface area contributed by atoms with Crippen molar-refractivity contribution in [2.24, 2.45) is 5.73 Å². The minimum Gasteiger partial charge on any atom is -0.388 e. The molecule has 0 atom stereocenters. The van der Waals surface area contributed by atoms with Gasteiger partial charge in [-0.3, -0.25) is 0 Å². The van der Waals surface area contributed by atoms with E-state index < -0.39 is 5.60 Å². The normalized spacial score (nSPS) is 31.9. The van der Waals surface area contributed by atoms with E-state index in [1.54, 1.807) is 0 Å². The number of hydrogen-bond acceptors (Lipinski definition) is 3. The molecule has 0 aromatic carbocycles. The van der Waals surface area contributed by atoms with Crippen LogP contribution < -0.4 is 5.73 Å². The number of nitrogens with zero attached hydrogens (tertiary/aromatic N) is 1. The van der Waals surface area contributed by atoms with Gasteiger partial charge in [0.2, 0.25) is 0 Å². The molecule has 82 valence electrons. The lowest BCUT2D eigenvalue weighted by atomic mass is 9.73. The van der Waals surface area contributed by atoms with Gasteiger partial charge < -0.3 is 15.7 Å². The van der Waals surface area contributed by atoms with Crippen molar-refractivity contribution in [1.29, 1.82) is 0 Å². The van der Waals surface area contributed by atoms with Crippen LogP contribution in [0.1, 0.15) is 38.5 Å². The van der Waals surface area contributed by atoms with Crippen LogP contribution >= 0.6 is 0 Å². The summed E-state index contributed by atoms with van der Waals surface area (Å²) in [6.45, 7) is 1.96. The largest absolute Gasteiger partial charge is 0.388 e. The van der Waals surface area contributed by atoms with Gasteiger partial charge in [-0.1, -0.05) is 12.8 Å². The number of nitrogens with two attached hydrogens (primary N) is 1. The second-order valence-electron chi connectivity index (χ2n) is 5.20. The molecule has 1 aliphatic heterocycles. The van der Waals surface area contributed by atoms with Crippen molar-refractivity contribution < 1.29 is 5.11 Å². The molecule has 1 heterocycles. The van der Waals surface area contributed by atoms with Gasteiger partial charge in [0, 0.05) is 18.6 Å². The van der Waals surface area contributed by atoms with Gasteiger partial charge in [0.1, 0.15) is 0 Å². The van der Waals surface area contributed by atoms with E-state index >= 15 is 0 Å². The van der Waals surface area contributed by atoms with E-state index in [0.717, 1.165) is 38.8 Å². The molecule has 2 aliphatic rings. The number of piperidine rings is 1. The summed E-state index contributed by atoms with van der Waals surface area (Å²) >= 11 is 0. The molecule has 1 saturated heterocycles. The third kappa shape index (κ3) is 1.58. The standard InChI is InChI=1S/C11H22N2O/c1-13-8-6-11(14,7-9-13)10(12)4-2-3-5-10/h14H,2-9,12H2,1H3. The summed E-state index contributed by atoms with van der Waals surface area (Å²) in [6, 6.07) is 0. The highest BCUT2D eigenvalue weighted by Crippen LogP contribution is 2.41. The van der Waals surface area contributed by atoms with Gasteiger partial charge >= 0.3 is 0 Å². The van der Waals surface area contributed by atoms with Crippen LogP contribution in [0.5, 0.6) is 0 Å². The topological polar surface area (TPSA) is 49.5 Å². The first-order chi connectivity index (χ1) is 6.56. The van der Waals surface area contributed by atoms with Crippen molar-refractivity contribution >= 4 is 0 Å². The maximum absolute atomic E-state index is 10.6. The van der Waals surface area contributed by atoms with E-state index in [9.17, 15) is 5.11 Å². The smallest absolute Gasteiger partial charge is 0.0850 e. The summed E-state index contributed by atoms with van der Waals surface area (Å²) in [5.41, 5.74) is 5.47. The molecule has 2 rings (SSSR count). The van der Waals surface area contributed by atoms with Gasteiger partial charge in [-0.2, -0.15) is 0 Å². The average Bonchev–Trinajstić information content (AvgIpc) is 2.60. The van der Waals surface area contributed by atoms with Crippen LogP contribution in [-0.4, -0.2) is 41.3 Å². The molecule has 1 aliphatic carbocycles. The Morgan fingerprint density at radius 1 is 1.07 bits per heavy atom. The third-order valence-electron chi connectivity index (χ3n) is 4.24. The van der Waals surface area contributed by atoms with Crippen molar-refractivity contribution in [3.63, 3.8) is 0 Å². The number of likely N-dealkylation sites (tertiary alicyclic amines) is 1. The number of rotatable bonds is 1. The fourth-order valence-corrected chi connectivity index (χ4v) is 2.96. The first-order valence-electron chi connectivity index (χ1n) is 5.76. The first-order valence-corrected chi connectivity index (χ1v) is 5.76. The van der Waals surface area contributed by atoms with Gasteiger partial charge in [0.05, 0.1) is 5.60 Å². The van der Waals surface area contributed by atoms with E-state index in [-0.39, 0.29) is 5.54 Å². The fourth-order valence-electron chi connectivity index (χ4n) is 2.96. The van der Waals surface area contributed by atoms with Crippen LogP contribution in [0.15, 0.2) is 0 Å². The van der Waals surface area contributed by atoms with Crippen LogP contribution in [0.25, 0.3) is 0 Å². The molecular weight excluding hydrogens is 176 g/mol. The predicted molar refractivity (Wildman–Crippen MR) is 57.1 cm³/mol. The summed E-state index contributed by atoms with van der Waals surface area (Å²) in [7, 11) is 2.11. The zero-order valence-corrected chi connectivity index (χ0v) is 9.13. The molecule has 1 saturated carbocycles. The zero-order valence-electron chi connectivity index (χ0n) is 9.13. The quantitative estimate of drug-likeness (QED) is 0.652. The van der Waals surface area contributed by atoms with E-state index in [2.05, 4.69) is 11.9 Å². The monoisotopic (exact) mass is 198 g/mol. The molecule has 0 spiro atoms. The van der Waals surface area contributed by atoms with Gasteiger partial charge in [-0.25, -0.2) is 0 Å². The van der Waals surface area contributed by atoms with Crippen molar-refractivity contribution in [3.8, 4) is 0 Å². The van der Waals surface area contributed by atoms with Crippen LogP contribution in [0.4, 0.5) is 0 Å². The van der Waals surface area contributed by atoms with Gasteiger partial charge in [0.25, 0.3) is 0 Å². The molecule has 3 heteroatoms. The van der Waals surface area contributed by atoms with E-state index in [1.165, 1.54) is 12.8 Å². The lowest BCUT2D eigenvalue weighted by Crippen LogP contribution is -2.62. The lowest BCUT2D eigenvalue weighted by Gasteiger charge is -2.47. The molecular formula is C11H22N2O. The molecule has 0 aromatic heterocycles. The van der Waals surface area contributed by atoms with Gasteiger partial charge in [-0.05, 0) is 32.7 Å². The summed E-state index contributed by atoms with van der Waals surface area (Å²) in [5, 5.41) is 10.6. The Balaban J connectivity index is 2.07. The Labute approximate surface area is 86.3 Å². The van der Waals surface area contributed by atoms with Crippen molar-refractivity contribution in [2.45, 2.75) is 49.7 Å². The van der Waals surface area contributed by atoms with Crippen molar-refractivity contribution in [3.05, 3.63) is 0 Å². The molecule has 0 bridgehead atoms. The highest BCUT2D eigenvalue weighted by Gasteiger charge is 2.49. The maximum atomic E-state index is 10.6. The molecule has 3 N–H and O–H groups in total. The van der Waals surface area contributed by atoms with Crippen LogP contribution in [0.3, 0.4) is 0 Å². The Hall–Kier alpha value is -0.120. The molecule has 3 nitrogen and oxygen atoms in total. The Kier molecular flexibility index (Phi) is 2.58. The van der Waals surface area contributed by atoms with Gasteiger partial charge in [0.15, 0.2) is 0 Å². The highest BCUT2D eigenvalue weighted by atomic mass is 16.3. The highest BCUT2D eigenvalue weighted by molar-refractivity contribution is 5.07. The van der Waals surface area contributed by atoms with E-state index in [1.807, 2.05) is 0 Å². The second kappa shape index (κ2) is 3.47. The first kappa shape index (κ1) is 10.4. The second-order valence-corrected chi connectivity index (χ2v) is 5.20. The van der Waals surface area contributed by atoms with Gasteiger partial charge in [-0.15, -0.1) is 0 Å². The van der Waals surface area contributed by atoms with Crippen LogP contribution in [0.2, 0.25) is 0 Å². The van der Waals surface area contributed by atoms with Crippen molar-refractivity contribution in [1.82, 2.24) is 4.90 Å². The fraction of sp³-hybridized carbons (Fsp3) is 1.00. The number of hydrogen-bond donors (Lipinski definition) is 2. The molecule has 0 aromatic rings. The Morgan fingerprint density at radius 3 is 2.07 bits per heavy atom. The summed E-state index contributed by atoms with van der Waals surface area (Å²) in [6.07, 6.45) is 6.09. The molecule has 14 heavy (non-hydrogen) atoms. The predicted octanol–water partition coefficient (Wildman–Crippen LogP) is 0.715. The molecule has 0 unspecified atom stereocenters. The average molecular weight is 198 g/mol. The van der Waals surface area contributed by atoms with Crippen molar-refractivity contribution in [2.75, 3.05) is 20.1 Å². The SMILES string of the molecule is CN1CCC(O)(C2(N)CCCC2)CC1. The Morgan fingerprint density at radius 2 is 1.57 bits per heavy atom. The third-order valence-corrected chi connectivity index (χ3v) is 4.24. The summed E-state index contributed by atoms with van der Waals surface area (Å²) < 4.78 is 0. The lowest BCUT2D eigenvalue weighted by molar-refractivity contribution is -0.0751. The van der Waals surface area contributed by atoms with Crippen LogP contribution in [0, 0.1) is 0 Å². The molecule has 2 fully saturated rings.